The Hall–Kier alpha value is -1.89. The lowest BCUT2D eigenvalue weighted by atomic mass is 10.2. The van der Waals surface area contributed by atoms with Crippen LogP contribution in [0.4, 0.5) is 11.6 Å². The van der Waals surface area contributed by atoms with Gasteiger partial charge in [0.25, 0.3) is 5.91 Å². The number of aromatic nitrogens is 2. The SMILES string of the molecule is CCN1CCN(C(=O)c2cnc(Nc3cccc(Cl)c3Cl)nc2)CC1. The molecule has 0 atom stereocenters. The first-order valence-corrected chi connectivity index (χ1v) is 8.88. The molecule has 25 heavy (non-hydrogen) atoms. The maximum Gasteiger partial charge on any atom is 0.257 e. The summed E-state index contributed by atoms with van der Waals surface area (Å²) in [5.41, 5.74) is 1.09. The zero-order chi connectivity index (χ0) is 17.8. The molecule has 1 N–H and O–H groups in total. The summed E-state index contributed by atoms with van der Waals surface area (Å²) in [6, 6.07) is 5.27. The second kappa shape index (κ2) is 7.99. The molecule has 0 unspecified atom stereocenters. The molecule has 6 nitrogen and oxygen atoms in total. The first-order valence-electron chi connectivity index (χ1n) is 8.13. The molecule has 0 saturated carbocycles. The Morgan fingerprint density at radius 2 is 1.84 bits per heavy atom. The smallest absolute Gasteiger partial charge is 0.257 e. The van der Waals surface area contributed by atoms with E-state index in [9.17, 15) is 4.79 Å². The molecule has 3 rings (SSSR count). The van der Waals surface area contributed by atoms with Crippen LogP contribution in [0.3, 0.4) is 0 Å². The molecular weight excluding hydrogens is 361 g/mol. The van der Waals surface area contributed by atoms with E-state index in [4.69, 9.17) is 23.2 Å². The van der Waals surface area contributed by atoms with Crippen LogP contribution in [-0.2, 0) is 0 Å². The van der Waals surface area contributed by atoms with E-state index in [1.165, 1.54) is 12.4 Å². The number of anilines is 2. The number of nitrogens with zero attached hydrogens (tertiary/aromatic N) is 4. The Morgan fingerprint density at radius 1 is 1.16 bits per heavy atom. The number of piperazine rings is 1. The zero-order valence-electron chi connectivity index (χ0n) is 13.9. The minimum Gasteiger partial charge on any atom is -0.336 e. The third-order valence-electron chi connectivity index (χ3n) is 4.20. The zero-order valence-corrected chi connectivity index (χ0v) is 15.4. The molecule has 0 spiro atoms. The first-order chi connectivity index (χ1) is 12.1. The van der Waals surface area contributed by atoms with Crippen LogP contribution in [0.2, 0.25) is 10.0 Å². The molecule has 1 fully saturated rings. The molecule has 1 aliphatic rings. The number of likely N-dealkylation sites (N-methyl/N-ethyl adjacent to an activating group) is 1. The molecule has 132 valence electrons. The van der Waals surface area contributed by atoms with Gasteiger partial charge in [-0.15, -0.1) is 0 Å². The maximum absolute atomic E-state index is 12.5. The molecule has 2 aromatic rings. The summed E-state index contributed by atoms with van der Waals surface area (Å²) >= 11 is 12.1. The predicted molar refractivity (Wildman–Crippen MR) is 99.8 cm³/mol. The van der Waals surface area contributed by atoms with Crippen LogP contribution in [0, 0.1) is 0 Å². The fourth-order valence-corrected chi connectivity index (χ4v) is 3.02. The fourth-order valence-electron chi connectivity index (χ4n) is 2.67. The third kappa shape index (κ3) is 4.21. The first kappa shape index (κ1) is 17.9. The van der Waals surface area contributed by atoms with Gasteiger partial charge in [0, 0.05) is 38.6 Å². The number of carbonyl (C=O) groups is 1. The van der Waals surface area contributed by atoms with Crippen molar-refractivity contribution >= 4 is 40.7 Å². The molecule has 1 amide bonds. The highest BCUT2D eigenvalue weighted by Gasteiger charge is 2.21. The van der Waals surface area contributed by atoms with Gasteiger partial charge in [0.15, 0.2) is 0 Å². The number of benzene rings is 1. The normalized spacial score (nSPS) is 15.2. The highest BCUT2D eigenvalue weighted by atomic mass is 35.5. The molecule has 2 heterocycles. The highest BCUT2D eigenvalue weighted by Crippen LogP contribution is 2.30. The number of hydrogen-bond donors (Lipinski definition) is 1. The van der Waals surface area contributed by atoms with Crippen molar-refractivity contribution in [2.45, 2.75) is 6.92 Å². The third-order valence-corrected chi connectivity index (χ3v) is 5.02. The van der Waals surface area contributed by atoms with Gasteiger partial charge < -0.3 is 15.1 Å². The molecule has 1 aromatic carbocycles. The number of nitrogens with one attached hydrogen (secondary N) is 1. The maximum atomic E-state index is 12.5. The highest BCUT2D eigenvalue weighted by molar-refractivity contribution is 6.43. The number of carbonyl (C=O) groups excluding carboxylic acids is 1. The van der Waals surface area contributed by atoms with Crippen LogP contribution in [0.1, 0.15) is 17.3 Å². The quantitative estimate of drug-likeness (QED) is 0.882. The molecule has 0 radical (unpaired) electrons. The summed E-state index contributed by atoms with van der Waals surface area (Å²) < 4.78 is 0. The van der Waals surface area contributed by atoms with Gasteiger partial charge in [-0.3, -0.25) is 4.79 Å². The van der Waals surface area contributed by atoms with E-state index in [1.807, 2.05) is 4.90 Å². The average molecular weight is 380 g/mol. The van der Waals surface area contributed by atoms with Crippen molar-refractivity contribution in [2.24, 2.45) is 0 Å². The lowest BCUT2D eigenvalue weighted by Crippen LogP contribution is -2.48. The van der Waals surface area contributed by atoms with Crippen molar-refractivity contribution in [3.8, 4) is 0 Å². The van der Waals surface area contributed by atoms with Crippen molar-refractivity contribution in [2.75, 3.05) is 38.0 Å². The van der Waals surface area contributed by atoms with E-state index in [2.05, 4.69) is 27.1 Å². The predicted octanol–water partition coefficient (Wildman–Crippen LogP) is 3.30. The van der Waals surface area contributed by atoms with E-state index >= 15 is 0 Å². The monoisotopic (exact) mass is 379 g/mol. The topological polar surface area (TPSA) is 61.4 Å². The van der Waals surface area contributed by atoms with E-state index in [-0.39, 0.29) is 5.91 Å². The molecular formula is C17H19Cl2N5O. The minimum absolute atomic E-state index is 0.0388. The number of rotatable bonds is 4. The van der Waals surface area contributed by atoms with Crippen molar-refractivity contribution in [1.82, 2.24) is 19.8 Å². The molecule has 8 heteroatoms. The van der Waals surface area contributed by atoms with Crippen LogP contribution < -0.4 is 5.32 Å². The van der Waals surface area contributed by atoms with Crippen LogP contribution in [0.25, 0.3) is 0 Å². The Bertz CT molecular complexity index is 745. The molecule has 1 aliphatic heterocycles. The van der Waals surface area contributed by atoms with E-state index in [0.717, 1.165) is 32.7 Å². The van der Waals surface area contributed by atoms with Gasteiger partial charge in [0.1, 0.15) is 0 Å². The lowest BCUT2D eigenvalue weighted by Gasteiger charge is -2.33. The van der Waals surface area contributed by atoms with Gasteiger partial charge in [-0.25, -0.2) is 9.97 Å². The van der Waals surface area contributed by atoms with Crippen molar-refractivity contribution < 1.29 is 4.79 Å². The van der Waals surface area contributed by atoms with Crippen molar-refractivity contribution in [3.05, 3.63) is 46.2 Å². The van der Waals surface area contributed by atoms with Gasteiger partial charge >= 0.3 is 0 Å². The average Bonchev–Trinajstić information content (AvgIpc) is 2.65. The number of halogens is 2. The van der Waals surface area contributed by atoms with Gasteiger partial charge in [-0.05, 0) is 18.7 Å². The second-order valence-electron chi connectivity index (χ2n) is 5.75. The van der Waals surface area contributed by atoms with E-state index in [1.54, 1.807) is 18.2 Å². The Balaban J connectivity index is 1.66. The standard InChI is InChI=1S/C17H19Cl2N5O/c1-2-23-6-8-24(9-7-23)16(25)12-10-20-17(21-11-12)22-14-5-3-4-13(18)15(14)19/h3-5,10-11H,2,6-9H2,1H3,(H,20,21,22). The molecule has 0 aliphatic carbocycles. The van der Waals surface area contributed by atoms with E-state index < -0.39 is 0 Å². The van der Waals surface area contributed by atoms with Gasteiger partial charge in [-0.2, -0.15) is 0 Å². The molecule has 0 bridgehead atoms. The Kier molecular flexibility index (Phi) is 5.73. The van der Waals surface area contributed by atoms with Crippen LogP contribution in [-0.4, -0.2) is 58.4 Å². The number of amides is 1. The largest absolute Gasteiger partial charge is 0.336 e. The van der Waals surface area contributed by atoms with Gasteiger partial charge in [0.2, 0.25) is 5.95 Å². The lowest BCUT2D eigenvalue weighted by molar-refractivity contribution is 0.0642. The number of hydrogen-bond acceptors (Lipinski definition) is 5. The summed E-state index contributed by atoms with van der Waals surface area (Å²) in [6.07, 6.45) is 3.06. The van der Waals surface area contributed by atoms with Crippen LogP contribution in [0.15, 0.2) is 30.6 Å². The van der Waals surface area contributed by atoms with Crippen LogP contribution in [0.5, 0.6) is 0 Å². The second-order valence-corrected chi connectivity index (χ2v) is 6.53. The minimum atomic E-state index is -0.0388. The van der Waals surface area contributed by atoms with E-state index in [0.29, 0.717) is 27.2 Å². The summed E-state index contributed by atoms with van der Waals surface area (Å²) in [5.74, 6) is 0.319. The molecule has 1 aromatic heterocycles. The molecule has 1 saturated heterocycles. The van der Waals surface area contributed by atoms with Crippen molar-refractivity contribution in [3.63, 3.8) is 0 Å². The Labute approximate surface area is 156 Å². The summed E-state index contributed by atoms with van der Waals surface area (Å²) in [5, 5.41) is 3.86. The summed E-state index contributed by atoms with van der Waals surface area (Å²) in [7, 11) is 0. The van der Waals surface area contributed by atoms with Crippen LogP contribution >= 0.6 is 23.2 Å². The van der Waals surface area contributed by atoms with Crippen molar-refractivity contribution in [1.29, 1.82) is 0 Å². The summed E-state index contributed by atoms with van der Waals surface area (Å²) in [4.78, 5) is 25.1. The van der Waals surface area contributed by atoms with Gasteiger partial charge in [0.05, 0.1) is 21.3 Å². The fraction of sp³-hybridized carbons (Fsp3) is 0.353. The van der Waals surface area contributed by atoms with Gasteiger partial charge in [-0.1, -0.05) is 36.2 Å². The summed E-state index contributed by atoms with van der Waals surface area (Å²) in [6.45, 7) is 6.39. The Morgan fingerprint density at radius 3 is 2.48 bits per heavy atom.